The average Bonchev–Trinajstić information content (AvgIpc) is 2.56. The van der Waals surface area contributed by atoms with Crippen LogP contribution in [0.5, 0.6) is 5.75 Å². The summed E-state index contributed by atoms with van der Waals surface area (Å²) in [5, 5.41) is 4.63. The van der Waals surface area contributed by atoms with Gasteiger partial charge in [-0.15, -0.1) is 0 Å². The highest BCUT2D eigenvalue weighted by Gasteiger charge is 2.09. The lowest BCUT2D eigenvalue weighted by molar-refractivity contribution is -0.116. The van der Waals surface area contributed by atoms with Gasteiger partial charge < -0.3 is 15.8 Å². The molecule has 1 aromatic heterocycles. The summed E-state index contributed by atoms with van der Waals surface area (Å²) in [5.74, 6) is 0.785. The molecule has 0 aliphatic carbocycles. The van der Waals surface area contributed by atoms with E-state index in [2.05, 4.69) is 10.3 Å². The molecule has 0 spiro atoms. The molecule has 0 aliphatic rings. The number of aromatic nitrogens is 1. The van der Waals surface area contributed by atoms with Gasteiger partial charge in [-0.2, -0.15) is 0 Å². The molecule has 3 aromatic rings. The lowest BCUT2D eigenvalue weighted by atomic mass is 10.1. The van der Waals surface area contributed by atoms with Gasteiger partial charge in [-0.05, 0) is 49.7 Å². The van der Waals surface area contributed by atoms with Crippen LogP contribution in [0.1, 0.15) is 26.7 Å². The predicted octanol–water partition coefficient (Wildman–Crippen LogP) is 4.11. The van der Waals surface area contributed by atoms with Crippen LogP contribution in [-0.4, -0.2) is 17.5 Å². The van der Waals surface area contributed by atoms with Gasteiger partial charge in [0, 0.05) is 22.9 Å². The highest BCUT2D eigenvalue weighted by molar-refractivity contribution is 6.07. The van der Waals surface area contributed by atoms with Crippen molar-refractivity contribution in [3.8, 4) is 5.75 Å². The standard InChI is InChI=1S/C19H21N3O2/c1-3-5-18(23)21-12-6-8-14-17(10-12)22-16-9-7-13(24-4-2)11-15(16)19(14)20/h6-11H,3-5H2,1-2H3,(H2,20,22)(H,21,23). The average molecular weight is 323 g/mol. The number of hydrogen-bond acceptors (Lipinski definition) is 4. The third-order valence-electron chi connectivity index (χ3n) is 3.86. The van der Waals surface area contributed by atoms with Crippen molar-refractivity contribution in [3.05, 3.63) is 36.4 Å². The number of carbonyl (C=O) groups is 1. The van der Waals surface area contributed by atoms with E-state index in [0.29, 0.717) is 18.7 Å². The van der Waals surface area contributed by atoms with Crippen LogP contribution in [0.25, 0.3) is 21.8 Å². The number of benzene rings is 2. The fourth-order valence-corrected chi connectivity index (χ4v) is 2.74. The second-order valence-corrected chi connectivity index (χ2v) is 5.67. The van der Waals surface area contributed by atoms with E-state index >= 15 is 0 Å². The monoisotopic (exact) mass is 323 g/mol. The van der Waals surface area contributed by atoms with Crippen LogP contribution in [0, 0.1) is 0 Å². The Balaban J connectivity index is 2.06. The molecule has 1 heterocycles. The number of nitrogen functional groups attached to an aromatic ring is 1. The molecule has 1 amide bonds. The van der Waals surface area contributed by atoms with Gasteiger partial charge in [-0.1, -0.05) is 6.92 Å². The predicted molar refractivity (Wildman–Crippen MR) is 98.4 cm³/mol. The maximum absolute atomic E-state index is 11.8. The zero-order chi connectivity index (χ0) is 17.1. The van der Waals surface area contributed by atoms with Crippen molar-refractivity contribution in [2.75, 3.05) is 17.7 Å². The first-order chi connectivity index (χ1) is 11.6. The topological polar surface area (TPSA) is 77.2 Å². The lowest BCUT2D eigenvalue weighted by Crippen LogP contribution is -2.10. The van der Waals surface area contributed by atoms with Gasteiger partial charge in [0.1, 0.15) is 5.75 Å². The summed E-state index contributed by atoms with van der Waals surface area (Å²) in [4.78, 5) is 16.4. The normalized spacial score (nSPS) is 10.9. The van der Waals surface area contributed by atoms with Crippen molar-refractivity contribution in [2.24, 2.45) is 0 Å². The number of amides is 1. The van der Waals surface area contributed by atoms with E-state index in [1.54, 1.807) is 0 Å². The molecule has 0 saturated carbocycles. The molecule has 0 unspecified atom stereocenters. The fraction of sp³-hybridized carbons (Fsp3) is 0.263. The molecule has 0 saturated heterocycles. The molecule has 0 fully saturated rings. The molecule has 0 radical (unpaired) electrons. The smallest absolute Gasteiger partial charge is 0.224 e. The largest absolute Gasteiger partial charge is 0.494 e. The van der Waals surface area contributed by atoms with Crippen LogP contribution in [-0.2, 0) is 4.79 Å². The highest BCUT2D eigenvalue weighted by Crippen LogP contribution is 2.32. The Labute approximate surface area is 140 Å². The van der Waals surface area contributed by atoms with Crippen LogP contribution in [0.15, 0.2) is 36.4 Å². The number of carbonyl (C=O) groups excluding carboxylic acids is 1. The minimum atomic E-state index is 0.00645. The Morgan fingerprint density at radius 2 is 1.96 bits per heavy atom. The molecule has 3 rings (SSSR count). The molecule has 2 aromatic carbocycles. The summed E-state index contributed by atoms with van der Waals surface area (Å²) >= 11 is 0. The third-order valence-corrected chi connectivity index (χ3v) is 3.86. The van der Waals surface area contributed by atoms with Gasteiger partial charge >= 0.3 is 0 Å². The number of nitrogens with one attached hydrogen (secondary N) is 1. The Hall–Kier alpha value is -2.82. The molecule has 5 nitrogen and oxygen atoms in total. The van der Waals surface area contributed by atoms with Crippen molar-refractivity contribution < 1.29 is 9.53 Å². The minimum absolute atomic E-state index is 0.00645. The van der Waals surface area contributed by atoms with E-state index < -0.39 is 0 Å². The number of nitrogens with two attached hydrogens (primary N) is 1. The number of hydrogen-bond donors (Lipinski definition) is 2. The van der Waals surface area contributed by atoms with Gasteiger partial charge in [0.05, 0.1) is 23.3 Å². The SMILES string of the molecule is CCCC(=O)Nc1ccc2c(N)c3cc(OCC)ccc3nc2c1. The summed E-state index contributed by atoms with van der Waals surface area (Å²) < 4.78 is 5.54. The van der Waals surface area contributed by atoms with Crippen molar-refractivity contribution in [2.45, 2.75) is 26.7 Å². The van der Waals surface area contributed by atoms with Crippen LogP contribution in [0.4, 0.5) is 11.4 Å². The van der Waals surface area contributed by atoms with E-state index in [1.165, 1.54) is 0 Å². The van der Waals surface area contributed by atoms with Crippen LogP contribution in [0.3, 0.4) is 0 Å². The number of nitrogens with zero attached hydrogens (tertiary/aromatic N) is 1. The Morgan fingerprint density at radius 1 is 1.12 bits per heavy atom. The van der Waals surface area contributed by atoms with Gasteiger partial charge in [0.2, 0.25) is 5.91 Å². The third kappa shape index (κ3) is 3.11. The van der Waals surface area contributed by atoms with E-state index in [0.717, 1.165) is 39.7 Å². The van der Waals surface area contributed by atoms with Gasteiger partial charge in [0.25, 0.3) is 0 Å². The number of fused-ring (bicyclic) bond motifs is 2. The summed E-state index contributed by atoms with van der Waals surface area (Å²) in [7, 11) is 0. The lowest BCUT2D eigenvalue weighted by Gasteiger charge is -2.11. The van der Waals surface area contributed by atoms with Crippen LogP contribution < -0.4 is 15.8 Å². The van der Waals surface area contributed by atoms with Crippen molar-refractivity contribution >= 4 is 39.1 Å². The number of ether oxygens (including phenoxy) is 1. The number of pyridine rings is 1. The van der Waals surface area contributed by atoms with Gasteiger partial charge in [-0.3, -0.25) is 4.79 Å². The number of rotatable bonds is 5. The molecular weight excluding hydrogens is 302 g/mol. The number of anilines is 2. The first kappa shape index (κ1) is 16.1. The summed E-state index contributed by atoms with van der Waals surface area (Å²) in [6.45, 7) is 4.53. The minimum Gasteiger partial charge on any atom is -0.494 e. The quantitative estimate of drug-likeness (QED) is 0.693. The Kier molecular flexibility index (Phi) is 4.51. The van der Waals surface area contributed by atoms with E-state index in [-0.39, 0.29) is 5.91 Å². The second kappa shape index (κ2) is 6.74. The first-order valence-electron chi connectivity index (χ1n) is 8.18. The van der Waals surface area contributed by atoms with E-state index in [4.69, 9.17) is 10.5 Å². The Morgan fingerprint density at radius 3 is 2.71 bits per heavy atom. The summed E-state index contributed by atoms with van der Waals surface area (Å²) in [6.07, 6.45) is 1.32. The van der Waals surface area contributed by atoms with Crippen LogP contribution in [0.2, 0.25) is 0 Å². The van der Waals surface area contributed by atoms with Crippen molar-refractivity contribution in [1.82, 2.24) is 4.98 Å². The zero-order valence-electron chi connectivity index (χ0n) is 13.9. The van der Waals surface area contributed by atoms with E-state index in [9.17, 15) is 4.79 Å². The first-order valence-corrected chi connectivity index (χ1v) is 8.18. The van der Waals surface area contributed by atoms with Crippen molar-refractivity contribution in [3.63, 3.8) is 0 Å². The molecule has 5 heteroatoms. The highest BCUT2D eigenvalue weighted by atomic mass is 16.5. The second-order valence-electron chi connectivity index (χ2n) is 5.67. The molecule has 0 atom stereocenters. The van der Waals surface area contributed by atoms with Gasteiger partial charge in [0.15, 0.2) is 0 Å². The maximum atomic E-state index is 11.8. The molecule has 24 heavy (non-hydrogen) atoms. The van der Waals surface area contributed by atoms with Gasteiger partial charge in [-0.25, -0.2) is 4.98 Å². The molecule has 0 bridgehead atoms. The van der Waals surface area contributed by atoms with E-state index in [1.807, 2.05) is 50.2 Å². The summed E-state index contributed by atoms with van der Waals surface area (Å²) in [6, 6.07) is 11.3. The zero-order valence-corrected chi connectivity index (χ0v) is 13.9. The van der Waals surface area contributed by atoms with Crippen LogP contribution >= 0.6 is 0 Å². The van der Waals surface area contributed by atoms with Crippen molar-refractivity contribution in [1.29, 1.82) is 0 Å². The fourth-order valence-electron chi connectivity index (χ4n) is 2.74. The maximum Gasteiger partial charge on any atom is 0.224 e. The molecule has 3 N–H and O–H groups in total. The molecular formula is C19H21N3O2. The summed E-state index contributed by atoms with van der Waals surface area (Å²) in [5.41, 5.74) is 9.31. The Bertz CT molecular complexity index is 906. The molecule has 124 valence electrons. The molecule has 0 aliphatic heterocycles.